The fraction of sp³-hybridized carbons (Fsp3) is 0.500. The molecular formula is C20H29N5O. The number of aromatic nitrogens is 2. The Morgan fingerprint density at radius 3 is 2.69 bits per heavy atom. The summed E-state index contributed by atoms with van der Waals surface area (Å²) in [6.45, 7) is 7.62. The molecule has 1 aliphatic rings. The maximum atomic E-state index is 13.1. The highest BCUT2D eigenvalue weighted by Crippen LogP contribution is 2.24. The summed E-state index contributed by atoms with van der Waals surface area (Å²) in [6, 6.07) is 7.90. The number of carbonyl (C=O) groups is 1. The number of nitrogens with one attached hydrogen (secondary N) is 1. The molecule has 1 amide bonds. The van der Waals surface area contributed by atoms with Gasteiger partial charge in [-0.1, -0.05) is 13.8 Å². The van der Waals surface area contributed by atoms with Gasteiger partial charge in [0.1, 0.15) is 11.9 Å². The normalized spacial score (nSPS) is 17.6. The molecule has 0 radical (unpaired) electrons. The van der Waals surface area contributed by atoms with E-state index in [1.54, 1.807) is 6.20 Å². The zero-order chi connectivity index (χ0) is 18.7. The third-order valence-electron chi connectivity index (χ3n) is 4.85. The molecular weight excluding hydrogens is 326 g/mol. The molecule has 1 atom stereocenters. The van der Waals surface area contributed by atoms with E-state index < -0.39 is 0 Å². The van der Waals surface area contributed by atoms with Gasteiger partial charge in [-0.25, -0.2) is 4.98 Å². The molecule has 6 heteroatoms. The minimum atomic E-state index is -0.0421. The average molecular weight is 355 g/mol. The molecule has 140 valence electrons. The molecule has 2 aromatic rings. The van der Waals surface area contributed by atoms with E-state index in [-0.39, 0.29) is 11.9 Å². The summed E-state index contributed by atoms with van der Waals surface area (Å²) >= 11 is 0. The van der Waals surface area contributed by atoms with E-state index in [1.165, 1.54) is 0 Å². The van der Waals surface area contributed by atoms with Gasteiger partial charge in [0, 0.05) is 63.9 Å². The van der Waals surface area contributed by atoms with Crippen molar-refractivity contribution in [2.24, 2.45) is 13.0 Å². The standard InChI is InChI=1S/C20H29N5O/c1-15(2)14-24(4)17-7-5-16(6-8-17)20(26)25-12-9-21-13-18(25)19-22-10-11-23(19)3/h5-8,10-11,15,18,21H,9,12-14H2,1-4H3. The van der Waals surface area contributed by atoms with Crippen LogP contribution in [0.4, 0.5) is 5.69 Å². The Bertz CT molecular complexity index is 737. The van der Waals surface area contributed by atoms with Crippen LogP contribution in [0.2, 0.25) is 0 Å². The average Bonchev–Trinajstić information content (AvgIpc) is 3.06. The molecule has 1 aliphatic heterocycles. The highest BCUT2D eigenvalue weighted by atomic mass is 16.2. The summed E-state index contributed by atoms with van der Waals surface area (Å²) in [5, 5.41) is 3.37. The second kappa shape index (κ2) is 7.91. The monoisotopic (exact) mass is 355 g/mol. The lowest BCUT2D eigenvalue weighted by atomic mass is 10.1. The Kier molecular flexibility index (Phi) is 5.61. The lowest BCUT2D eigenvalue weighted by Crippen LogP contribution is -2.49. The summed E-state index contributed by atoms with van der Waals surface area (Å²) in [5.41, 5.74) is 1.86. The molecule has 0 saturated carbocycles. The number of hydrogen-bond acceptors (Lipinski definition) is 4. The summed E-state index contributed by atoms with van der Waals surface area (Å²) in [7, 11) is 4.06. The lowest BCUT2D eigenvalue weighted by Gasteiger charge is -2.36. The molecule has 1 unspecified atom stereocenters. The van der Waals surface area contributed by atoms with Gasteiger partial charge >= 0.3 is 0 Å². The maximum Gasteiger partial charge on any atom is 0.254 e. The predicted molar refractivity (Wildman–Crippen MR) is 104 cm³/mol. The molecule has 1 aromatic carbocycles. The van der Waals surface area contributed by atoms with Crippen LogP contribution >= 0.6 is 0 Å². The van der Waals surface area contributed by atoms with Crippen molar-refractivity contribution >= 4 is 11.6 Å². The van der Waals surface area contributed by atoms with Crippen LogP contribution < -0.4 is 10.2 Å². The van der Waals surface area contributed by atoms with Crippen LogP contribution in [0.15, 0.2) is 36.7 Å². The lowest BCUT2D eigenvalue weighted by molar-refractivity contribution is 0.0621. The number of carbonyl (C=O) groups excluding carboxylic acids is 1. The van der Waals surface area contributed by atoms with Gasteiger partial charge in [0.2, 0.25) is 0 Å². The Hall–Kier alpha value is -2.34. The topological polar surface area (TPSA) is 53.4 Å². The fourth-order valence-corrected chi connectivity index (χ4v) is 3.55. The molecule has 1 saturated heterocycles. The molecule has 0 bridgehead atoms. The van der Waals surface area contributed by atoms with Crippen LogP contribution in [-0.4, -0.2) is 53.6 Å². The van der Waals surface area contributed by atoms with E-state index in [4.69, 9.17) is 0 Å². The summed E-state index contributed by atoms with van der Waals surface area (Å²) in [6.07, 6.45) is 3.71. The van der Waals surface area contributed by atoms with Gasteiger partial charge in [0.25, 0.3) is 5.91 Å². The van der Waals surface area contributed by atoms with Gasteiger partial charge in [0.05, 0.1) is 0 Å². The molecule has 0 spiro atoms. The van der Waals surface area contributed by atoms with E-state index in [2.05, 4.69) is 36.1 Å². The number of aryl methyl sites for hydroxylation is 1. The minimum absolute atomic E-state index is 0.0421. The Labute approximate surface area is 155 Å². The Balaban J connectivity index is 1.78. The highest BCUT2D eigenvalue weighted by Gasteiger charge is 2.31. The first-order chi connectivity index (χ1) is 12.5. The van der Waals surface area contributed by atoms with Gasteiger partial charge in [-0.2, -0.15) is 0 Å². The second-order valence-corrected chi connectivity index (χ2v) is 7.44. The SMILES string of the molecule is CC(C)CN(C)c1ccc(C(=O)N2CCNCC2c2nccn2C)cc1. The van der Waals surface area contributed by atoms with Crippen LogP contribution in [0.5, 0.6) is 0 Å². The molecule has 0 aliphatic carbocycles. The minimum Gasteiger partial charge on any atom is -0.374 e. The Morgan fingerprint density at radius 2 is 2.08 bits per heavy atom. The molecule has 2 heterocycles. The molecule has 26 heavy (non-hydrogen) atoms. The molecule has 1 N–H and O–H groups in total. The number of piperazine rings is 1. The van der Waals surface area contributed by atoms with Crippen LogP contribution in [-0.2, 0) is 7.05 Å². The molecule has 1 aromatic heterocycles. The van der Waals surface area contributed by atoms with Gasteiger partial charge in [-0.05, 0) is 30.2 Å². The van der Waals surface area contributed by atoms with Crippen LogP contribution in [0.3, 0.4) is 0 Å². The van der Waals surface area contributed by atoms with Crippen molar-refractivity contribution in [2.45, 2.75) is 19.9 Å². The number of benzene rings is 1. The molecule has 3 rings (SSSR count). The van der Waals surface area contributed by atoms with E-state index in [0.717, 1.165) is 36.7 Å². The van der Waals surface area contributed by atoms with Crippen LogP contribution in [0.1, 0.15) is 36.1 Å². The van der Waals surface area contributed by atoms with Gasteiger partial charge in [-0.15, -0.1) is 0 Å². The van der Waals surface area contributed by atoms with Crippen molar-refractivity contribution in [2.75, 3.05) is 38.1 Å². The number of amides is 1. The van der Waals surface area contributed by atoms with Crippen molar-refractivity contribution in [3.8, 4) is 0 Å². The fourth-order valence-electron chi connectivity index (χ4n) is 3.55. The zero-order valence-electron chi connectivity index (χ0n) is 16.1. The first kappa shape index (κ1) is 18.5. The van der Waals surface area contributed by atoms with Crippen molar-refractivity contribution in [1.82, 2.24) is 19.8 Å². The number of hydrogen-bond donors (Lipinski definition) is 1. The smallest absolute Gasteiger partial charge is 0.254 e. The third kappa shape index (κ3) is 3.90. The number of rotatable bonds is 5. The van der Waals surface area contributed by atoms with Gasteiger partial charge < -0.3 is 19.7 Å². The molecule has 1 fully saturated rings. The van der Waals surface area contributed by atoms with Crippen LogP contribution in [0.25, 0.3) is 0 Å². The van der Waals surface area contributed by atoms with E-state index in [1.807, 2.05) is 47.0 Å². The zero-order valence-corrected chi connectivity index (χ0v) is 16.1. The number of imidazole rings is 1. The first-order valence-corrected chi connectivity index (χ1v) is 9.27. The highest BCUT2D eigenvalue weighted by molar-refractivity contribution is 5.95. The second-order valence-electron chi connectivity index (χ2n) is 7.44. The largest absolute Gasteiger partial charge is 0.374 e. The van der Waals surface area contributed by atoms with Crippen molar-refractivity contribution in [3.05, 3.63) is 48.0 Å². The maximum absolute atomic E-state index is 13.1. The molecule has 6 nitrogen and oxygen atoms in total. The van der Waals surface area contributed by atoms with Gasteiger partial charge in [0.15, 0.2) is 0 Å². The summed E-state index contributed by atoms with van der Waals surface area (Å²) in [4.78, 5) is 21.7. The van der Waals surface area contributed by atoms with E-state index in [9.17, 15) is 4.79 Å². The summed E-state index contributed by atoms with van der Waals surface area (Å²) < 4.78 is 1.99. The van der Waals surface area contributed by atoms with Crippen LogP contribution in [0, 0.1) is 5.92 Å². The quantitative estimate of drug-likeness (QED) is 0.894. The van der Waals surface area contributed by atoms with E-state index >= 15 is 0 Å². The van der Waals surface area contributed by atoms with Crippen molar-refractivity contribution < 1.29 is 4.79 Å². The number of nitrogens with zero attached hydrogens (tertiary/aromatic N) is 4. The van der Waals surface area contributed by atoms with E-state index in [0.29, 0.717) is 12.5 Å². The summed E-state index contributed by atoms with van der Waals surface area (Å²) in [5.74, 6) is 1.58. The predicted octanol–water partition coefficient (Wildman–Crippen LogP) is 2.30. The Morgan fingerprint density at radius 1 is 1.35 bits per heavy atom. The third-order valence-corrected chi connectivity index (χ3v) is 4.85. The first-order valence-electron chi connectivity index (χ1n) is 9.27. The number of anilines is 1. The van der Waals surface area contributed by atoms with Gasteiger partial charge in [-0.3, -0.25) is 4.79 Å². The van der Waals surface area contributed by atoms with Crippen molar-refractivity contribution in [1.29, 1.82) is 0 Å². The van der Waals surface area contributed by atoms with Crippen molar-refractivity contribution in [3.63, 3.8) is 0 Å².